The normalized spacial score (nSPS) is 10.6. The summed E-state index contributed by atoms with van der Waals surface area (Å²) in [7, 11) is 0. The minimum Gasteiger partial charge on any atom is -0.439 e. The number of aromatic nitrogens is 1. The van der Waals surface area contributed by atoms with Crippen molar-refractivity contribution in [1.82, 2.24) is 4.98 Å². The van der Waals surface area contributed by atoms with E-state index < -0.39 is 4.92 Å². The van der Waals surface area contributed by atoms with Crippen LogP contribution in [0, 0.1) is 17.0 Å². The largest absolute Gasteiger partial charge is 0.439 e. The second-order valence-corrected chi connectivity index (χ2v) is 4.90. The molecule has 0 radical (unpaired) electrons. The number of nitrogens with zero attached hydrogens (tertiary/aromatic N) is 2. The summed E-state index contributed by atoms with van der Waals surface area (Å²) in [5.41, 5.74) is 1.77. The third-order valence-electron chi connectivity index (χ3n) is 2.97. The van der Waals surface area contributed by atoms with Crippen LogP contribution in [0.25, 0.3) is 0 Å². The first-order valence-electron chi connectivity index (χ1n) is 6.36. The number of hydrogen-bond acceptors (Lipinski definition) is 4. The van der Waals surface area contributed by atoms with Gasteiger partial charge in [-0.05, 0) is 30.5 Å². The van der Waals surface area contributed by atoms with E-state index in [1.165, 1.54) is 17.8 Å². The second kappa shape index (κ2) is 5.69. The molecule has 0 atom stereocenters. The van der Waals surface area contributed by atoms with Crippen molar-refractivity contribution in [3.8, 4) is 11.6 Å². The first kappa shape index (κ1) is 14.0. The summed E-state index contributed by atoms with van der Waals surface area (Å²) in [6.45, 7) is 5.95. The van der Waals surface area contributed by atoms with Gasteiger partial charge in [0.1, 0.15) is 11.9 Å². The second-order valence-electron chi connectivity index (χ2n) is 4.90. The Hall–Kier alpha value is -2.43. The predicted octanol–water partition coefficient (Wildman–Crippen LogP) is 4.21. The van der Waals surface area contributed by atoms with Crippen LogP contribution in [0.3, 0.4) is 0 Å². The molecule has 0 amide bonds. The Bertz CT molecular complexity index is 639. The van der Waals surface area contributed by atoms with Crippen LogP contribution in [0.5, 0.6) is 11.6 Å². The smallest absolute Gasteiger partial charge is 0.288 e. The summed E-state index contributed by atoms with van der Waals surface area (Å²) < 4.78 is 5.70. The minimum atomic E-state index is -0.469. The summed E-state index contributed by atoms with van der Waals surface area (Å²) >= 11 is 0. The molecule has 0 aliphatic carbocycles. The third kappa shape index (κ3) is 3.12. The molecule has 1 heterocycles. The third-order valence-corrected chi connectivity index (χ3v) is 2.97. The van der Waals surface area contributed by atoms with Crippen LogP contribution in [0.1, 0.15) is 30.9 Å². The minimum absolute atomic E-state index is 0.0363. The quantitative estimate of drug-likeness (QED) is 0.617. The summed E-state index contributed by atoms with van der Waals surface area (Å²) in [5, 5.41) is 10.7. The number of rotatable bonds is 4. The average molecular weight is 272 g/mol. The van der Waals surface area contributed by atoms with Gasteiger partial charge < -0.3 is 4.74 Å². The predicted molar refractivity (Wildman–Crippen MR) is 76.2 cm³/mol. The average Bonchev–Trinajstić information content (AvgIpc) is 2.41. The van der Waals surface area contributed by atoms with Crippen LogP contribution in [-0.4, -0.2) is 9.91 Å². The number of ether oxygens (including phenoxy) is 1. The van der Waals surface area contributed by atoms with Crippen molar-refractivity contribution in [3.63, 3.8) is 0 Å². The van der Waals surface area contributed by atoms with E-state index in [9.17, 15) is 10.1 Å². The molecule has 0 bridgehead atoms. The lowest BCUT2D eigenvalue weighted by atomic mass is 10.0. The molecular formula is C15H16N2O3. The highest BCUT2D eigenvalue weighted by Crippen LogP contribution is 2.27. The number of aryl methyl sites for hydroxylation is 1. The Kier molecular flexibility index (Phi) is 3.98. The summed E-state index contributed by atoms with van der Waals surface area (Å²) in [6, 6.07) is 9.20. The van der Waals surface area contributed by atoms with Gasteiger partial charge in [-0.25, -0.2) is 4.98 Å². The van der Waals surface area contributed by atoms with E-state index in [-0.39, 0.29) is 5.69 Å². The molecule has 0 N–H and O–H groups in total. The topological polar surface area (TPSA) is 65.3 Å². The summed E-state index contributed by atoms with van der Waals surface area (Å²) in [6.07, 6.45) is 1.20. The molecule has 0 saturated heterocycles. The molecule has 0 fully saturated rings. The summed E-state index contributed by atoms with van der Waals surface area (Å²) in [4.78, 5) is 14.2. The SMILES string of the molecule is Cc1cc([N+](=O)[O-])cnc1Oc1cccc(C(C)C)c1. The molecule has 0 unspecified atom stereocenters. The van der Waals surface area contributed by atoms with Crippen LogP contribution in [0.4, 0.5) is 5.69 Å². The van der Waals surface area contributed by atoms with Gasteiger partial charge in [-0.2, -0.15) is 0 Å². The number of hydrogen-bond donors (Lipinski definition) is 0. The fourth-order valence-corrected chi connectivity index (χ4v) is 1.80. The Morgan fingerprint density at radius 3 is 2.65 bits per heavy atom. The Balaban J connectivity index is 2.26. The fourth-order valence-electron chi connectivity index (χ4n) is 1.80. The molecule has 5 nitrogen and oxygen atoms in total. The Labute approximate surface area is 117 Å². The number of nitro groups is 1. The van der Waals surface area contributed by atoms with Gasteiger partial charge >= 0.3 is 0 Å². The molecule has 0 aliphatic rings. The highest BCUT2D eigenvalue weighted by atomic mass is 16.6. The zero-order valence-corrected chi connectivity index (χ0v) is 11.7. The Morgan fingerprint density at radius 1 is 1.30 bits per heavy atom. The van der Waals surface area contributed by atoms with Crippen molar-refractivity contribution in [2.24, 2.45) is 0 Å². The monoisotopic (exact) mass is 272 g/mol. The van der Waals surface area contributed by atoms with E-state index in [1.807, 2.05) is 24.3 Å². The van der Waals surface area contributed by atoms with Crippen molar-refractivity contribution < 1.29 is 9.66 Å². The van der Waals surface area contributed by atoms with Gasteiger partial charge in [0.05, 0.1) is 4.92 Å². The van der Waals surface area contributed by atoms with Crippen LogP contribution < -0.4 is 4.74 Å². The maximum absolute atomic E-state index is 10.7. The Morgan fingerprint density at radius 2 is 2.05 bits per heavy atom. The van der Waals surface area contributed by atoms with Gasteiger partial charge in [-0.3, -0.25) is 10.1 Å². The summed E-state index contributed by atoms with van der Waals surface area (Å²) in [5.74, 6) is 1.47. The van der Waals surface area contributed by atoms with E-state index in [0.29, 0.717) is 23.1 Å². The fraction of sp³-hybridized carbons (Fsp3) is 0.267. The van der Waals surface area contributed by atoms with Gasteiger partial charge in [0.2, 0.25) is 5.88 Å². The molecule has 5 heteroatoms. The molecule has 0 saturated carbocycles. The van der Waals surface area contributed by atoms with Crippen LogP contribution in [0.2, 0.25) is 0 Å². The van der Waals surface area contributed by atoms with E-state index in [1.54, 1.807) is 6.92 Å². The molecule has 0 spiro atoms. The molecule has 104 valence electrons. The van der Waals surface area contributed by atoms with Crippen LogP contribution >= 0.6 is 0 Å². The highest BCUT2D eigenvalue weighted by Gasteiger charge is 2.11. The lowest BCUT2D eigenvalue weighted by Gasteiger charge is -2.10. The molecule has 2 rings (SSSR count). The first-order valence-corrected chi connectivity index (χ1v) is 6.36. The highest BCUT2D eigenvalue weighted by molar-refractivity contribution is 5.39. The lowest BCUT2D eigenvalue weighted by Crippen LogP contribution is -1.95. The molecule has 20 heavy (non-hydrogen) atoms. The van der Waals surface area contributed by atoms with E-state index in [4.69, 9.17) is 4.74 Å². The molecule has 1 aromatic carbocycles. The van der Waals surface area contributed by atoms with Crippen LogP contribution in [-0.2, 0) is 0 Å². The maximum atomic E-state index is 10.7. The van der Waals surface area contributed by atoms with Crippen molar-refractivity contribution in [1.29, 1.82) is 0 Å². The maximum Gasteiger partial charge on any atom is 0.288 e. The van der Waals surface area contributed by atoms with Crippen LogP contribution in [0.15, 0.2) is 36.5 Å². The standard InChI is InChI=1S/C15H16N2O3/c1-10(2)12-5-4-6-14(8-12)20-15-11(3)7-13(9-16-15)17(18)19/h4-10H,1-3H3. The van der Waals surface area contributed by atoms with Gasteiger partial charge in [0, 0.05) is 11.6 Å². The van der Waals surface area contributed by atoms with Crippen molar-refractivity contribution >= 4 is 5.69 Å². The molecular weight excluding hydrogens is 256 g/mol. The zero-order valence-electron chi connectivity index (χ0n) is 11.7. The molecule has 2 aromatic rings. The number of benzene rings is 1. The van der Waals surface area contributed by atoms with E-state index in [0.717, 1.165) is 0 Å². The molecule has 0 aliphatic heterocycles. The van der Waals surface area contributed by atoms with Crippen molar-refractivity contribution in [2.45, 2.75) is 26.7 Å². The van der Waals surface area contributed by atoms with Crippen molar-refractivity contribution in [3.05, 3.63) is 57.8 Å². The lowest BCUT2D eigenvalue weighted by molar-refractivity contribution is -0.385. The van der Waals surface area contributed by atoms with Gasteiger partial charge in [-0.1, -0.05) is 26.0 Å². The zero-order chi connectivity index (χ0) is 14.7. The number of pyridine rings is 1. The van der Waals surface area contributed by atoms with E-state index in [2.05, 4.69) is 18.8 Å². The van der Waals surface area contributed by atoms with Gasteiger partial charge in [0.15, 0.2) is 0 Å². The van der Waals surface area contributed by atoms with Gasteiger partial charge in [0.25, 0.3) is 5.69 Å². The molecule has 1 aromatic heterocycles. The van der Waals surface area contributed by atoms with Crippen molar-refractivity contribution in [2.75, 3.05) is 0 Å². The first-order chi connectivity index (χ1) is 9.47. The van der Waals surface area contributed by atoms with Gasteiger partial charge in [-0.15, -0.1) is 0 Å². The van der Waals surface area contributed by atoms with E-state index >= 15 is 0 Å².